The topological polar surface area (TPSA) is 48.4 Å². The monoisotopic (exact) mass is 265 g/mol. The molecule has 96 valence electrons. The smallest absolute Gasteiger partial charge is 0.171 e. The SMILES string of the molecule is Cc1ccc(C(Oc2ccc(Cl)cc2)C(C)N)o1. The molecule has 4 heteroatoms. The number of nitrogens with two attached hydrogens (primary N) is 1. The van der Waals surface area contributed by atoms with E-state index in [0.717, 1.165) is 17.3 Å². The van der Waals surface area contributed by atoms with Crippen LogP contribution in [0.25, 0.3) is 0 Å². The highest BCUT2D eigenvalue weighted by atomic mass is 35.5. The van der Waals surface area contributed by atoms with Gasteiger partial charge in [-0.2, -0.15) is 0 Å². The summed E-state index contributed by atoms with van der Waals surface area (Å²) in [7, 11) is 0. The first-order valence-corrected chi connectivity index (χ1v) is 6.18. The Morgan fingerprint density at radius 2 is 1.83 bits per heavy atom. The van der Waals surface area contributed by atoms with Gasteiger partial charge in [0.05, 0.1) is 0 Å². The number of halogens is 1. The van der Waals surface area contributed by atoms with Crippen molar-refractivity contribution in [3.05, 3.63) is 52.9 Å². The van der Waals surface area contributed by atoms with Crippen molar-refractivity contribution in [3.8, 4) is 5.75 Å². The minimum absolute atomic E-state index is 0.175. The molecule has 1 heterocycles. The van der Waals surface area contributed by atoms with Gasteiger partial charge in [-0.15, -0.1) is 0 Å². The molecule has 2 unspecified atom stereocenters. The summed E-state index contributed by atoms with van der Waals surface area (Å²) in [6.45, 7) is 3.78. The van der Waals surface area contributed by atoms with Crippen molar-refractivity contribution >= 4 is 11.6 Å². The maximum atomic E-state index is 5.94. The number of rotatable bonds is 4. The normalized spacial score (nSPS) is 14.2. The summed E-state index contributed by atoms with van der Waals surface area (Å²) in [5, 5.41) is 0.675. The first-order chi connectivity index (χ1) is 8.56. The Morgan fingerprint density at radius 3 is 2.33 bits per heavy atom. The summed E-state index contributed by atoms with van der Waals surface area (Å²) in [5.74, 6) is 2.29. The van der Waals surface area contributed by atoms with E-state index < -0.39 is 0 Å². The van der Waals surface area contributed by atoms with Crippen molar-refractivity contribution < 1.29 is 9.15 Å². The molecule has 0 aliphatic heterocycles. The lowest BCUT2D eigenvalue weighted by Gasteiger charge is -2.20. The van der Waals surface area contributed by atoms with Gasteiger partial charge in [0.1, 0.15) is 17.3 Å². The number of hydrogen-bond acceptors (Lipinski definition) is 3. The highest BCUT2D eigenvalue weighted by Gasteiger charge is 2.21. The van der Waals surface area contributed by atoms with Gasteiger partial charge < -0.3 is 14.9 Å². The van der Waals surface area contributed by atoms with Crippen molar-refractivity contribution in [2.24, 2.45) is 5.73 Å². The van der Waals surface area contributed by atoms with Gasteiger partial charge in [-0.1, -0.05) is 11.6 Å². The van der Waals surface area contributed by atoms with Crippen LogP contribution in [0, 0.1) is 6.92 Å². The summed E-state index contributed by atoms with van der Waals surface area (Å²) >= 11 is 5.83. The van der Waals surface area contributed by atoms with Gasteiger partial charge in [-0.05, 0) is 50.2 Å². The van der Waals surface area contributed by atoms with Gasteiger partial charge in [0.2, 0.25) is 0 Å². The third kappa shape index (κ3) is 3.06. The number of furan rings is 1. The minimum Gasteiger partial charge on any atom is -0.481 e. The summed E-state index contributed by atoms with van der Waals surface area (Å²) in [6.07, 6.45) is -0.306. The summed E-state index contributed by atoms with van der Waals surface area (Å²) in [4.78, 5) is 0. The Balaban J connectivity index is 2.19. The van der Waals surface area contributed by atoms with E-state index in [1.165, 1.54) is 0 Å². The zero-order chi connectivity index (χ0) is 13.1. The van der Waals surface area contributed by atoms with E-state index in [0.29, 0.717) is 5.02 Å². The van der Waals surface area contributed by atoms with E-state index in [-0.39, 0.29) is 12.1 Å². The predicted molar refractivity (Wildman–Crippen MR) is 71.9 cm³/mol. The molecule has 0 spiro atoms. The van der Waals surface area contributed by atoms with E-state index in [1.54, 1.807) is 12.1 Å². The Kier molecular flexibility index (Phi) is 3.94. The number of ether oxygens (including phenoxy) is 1. The molecule has 2 N–H and O–H groups in total. The Hall–Kier alpha value is -1.45. The van der Waals surface area contributed by atoms with Gasteiger partial charge in [-0.25, -0.2) is 0 Å². The Morgan fingerprint density at radius 1 is 1.17 bits per heavy atom. The molecule has 0 aliphatic carbocycles. The molecule has 0 saturated heterocycles. The Bertz CT molecular complexity index is 505. The summed E-state index contributed by atoms with van der Waals surface area (Å²) in [6, 6.07) is 10.8. The zero-order valence-electron chi connectivity index (χ0n) is 10.4. The van der Waals surface area contributed by atoms with E-state index >= 15 is 0 Å². The fraction of sp³-hybridized carbons (Fsp3) is 0.286. The Labute approximate surface area is 111 Å². The van der Waals surface area contributed by atoms with Gasteiger partial charge in [0.25, 0.3) is 0 Å². The van der Waals surface area contributed by atoms with E-state index in [4.69, 9.17) is 26.5 Å². The summed E-state index contributed by atoms with van der Waals surface area (Å²) in [5.41, 5.74) is 5.94. The molecule has 0 bridgehead atoms. The lowest BCUT2D eigenvalue weighted by molar-refractivity contribution is 0.152. The number of benzene rings is 1. The first kappa shape index (κ1) is 13.0. The molecule has 0 amide bonds. The first-order valence-electron chi connectivity index (χ1n) is 5.80. The van der Waals surface area contributed by atoms with Gasteiger partial charge in [0.15, 0.2) is 6.10 Å². The molecule has 18 heavy (non-hydrogen) atoms. The second-order valence-electron chi connectivity index (χ2n) is 4.30. The van der Waals surface area contributed by atoms with Crippen LogP contribution in [0.4, 0.5) is 0 Å². The van der Waals surface area contributed by atoms with Crippen LogP contribution in [-0.4, -0.2) is 6.04 Å². The minimum atomic E-state index is -0.306. The van der Waals surface area contributed by atoms with E-state index in [2.05, 4.69) is 0 Å². The van der Waals surface area contributed by atoms with Crippen LogP contribution >= 0.6 is 11.6 Å². The highest BCUT2D eigenvalue weighted by molar-refractivity contribution is 6.30. The van der Waals surface area contributed by atoms with Crippen LogP contribution in [0.1, 0.15) is 24.5 Å². The van der Waals surface area contributed by atoms with Crippen molar-refractivity contribution in [1.29, 1.82) is 0 Å². The fourth-order valence-corrected chi connectivity index (χ4v) is 1.82. The maximum Gasteiger partial charge on any atom is 0.171 e. The molecule has 2 rings (SSSR count). The molecular formula is C14H16ClNO2. The molecule has 0 fully saturated rings. The van der Waals surface area contributed by atoms with Crippen LogP contribution < -0.4 is 10.5 Å². The lowest BCUT2D eigenvalue weighted by atomic mass is 10.1. The highest BCUT2D eigenvalue weighted by Crippen LogP contribution is 2.26. The largest absolute Gasteiger partial charge is 0.481 e. The van der Waals surface area contributed by atoms with Crippen LogP contribution in [0.2, 0.25) is 5.02 Å². The van der Waals surface area contributed by atoms with Crippen LogP contribution in [0.5, 0.6) is 5.75 Å². The standard InChI is InChI=1S/C14H16ClNO2/c1-9-3-8-13(17-9)14(10(2)16)18-12-6-4-11(15)5-7-12/h3-8,10,14H,16H2,1-2H3. The van der Waals surface area contributed by atoms with Gasteiger partial charge >= 0.3 is 0 Å². The number of aryl methyl sites for hydroxylation is 1. The van der Waals surface area contributed by atoms with E-state index in [1.807, 2.05) is 38.1 Å². The van der Waals surface area contributed by atoms with Crippen LogP contribution in [0.15, 0.2) is 40.8 Å². The molecule has 3 nitrogen and oxygen atoms in total. The van der Waals surface area contributed by atoms with Crippen molar-refractivity contribution in [2.45, 2.75) is 26.0 Å². The molecule has 0 saturated carbocycles. The average Bonchev–Trinajstić information content (AvgIpc) is 2.74. The maximum absolute atomic E-state index is 5.94. The third-order valence-electron chi connectivity index (χ3n) is 2.60. The number of hydrogen-bond donors (Lipinski definition) is 1. The molecule has 1 aromatic carbocycles. The predicted octanol–water partition coefficient (Wildman–Crippen LogP) is 3.71. The van der Waals surface area contributed by atoms with Crippen molar-refractivity contribution in [3.63, 3.8) is 0 Å². The van der Waals surface area contributed by atoms with Gasteiger partial charge in [-0.3, -0.25) is 0 Å². The van der Waals surface area contributed by atoms with Crippen molar-refractivity contribution in [1.82, 2.24) is 0 Å². The van der Waals surface area contributed by atoms with Crippen LogP contribution in [-0.2, 0) is 0 Å². The van der Waals surface area contributed by atoms with E-state index in [9.17, 15) is 0 Å². The summed E-state index contributed by atoms with van der Waals surface area (Å²) < 4.78 is 11.4. The quantitative estimate of drug-likeness (QED) is 0.917. The second kappa shape index (κ2) is 5.46. The molecule has 2 atom stereocenters. The molecular weight excluding hydrogens is 250 g/mol. The fourth-order valence-electron chi connectivity index (χ4n) is 1.69. The lowest BCUT2D eigenvalue weighted by Crippen LogP contribution is -2.28. The molecule has 0 aliphatic rings. The average molecular weight is 266 g/mol. The molecule has 2 aromatic rings. The van der Waals surface area contributed by atoms with Gasteiger partial charge in [0, 0.05) is 11.1 Å². The van der Waals surface area contributed by atoms with Crippen LogP contribution in [0.3, 0.4) is 0 Å². The second-order valence-corrected chi connectivity index (χ2v) is 4.74. The third-order valence-corrected chi connectivity index (χ3v) is 2.85. The molecule has 0 radical (unpaired) electrons. The molecule has 1 aromatic heterocycles. The van der Waals surface area contributed by atoms with Crippen molar-refractivity contribution in [2.75, 3.05) is 0 Å². The zero-order valence-corrected chi connectivity index (χ0v) is 11.1.